The van der Waals surface area contributed by atoms with Crippen molar-refractivity contribution >= 4 is 23.2 Å². The zero-order valence-electron chi connectivity index (χ0n) is 11.5. The number of alkyl halides is 1. The van der Waals surface area contributed by atoms with E-state index in [1.807, 2.05) is 13.8 Å². The number of hydrogen-bond donors (Lipinski definition) is 0. The summed E-state index contributed by atoms with van der Waals surface area (Å²) < 4.78 is 0. The van der Waals surface area contributed by atoms with Gasteiger partial charge in [-0.25, -0.2) is 0 Å². The fourth-order valence-electron chi connectivity index (χ4n) is 2.45. The third-order valence-electron chi connectivity index (χ3n) is 3.67. The van der Waals surface area contributed by atoms with Gasteiger partial charge in [-0.3, -0.25) is 14.9 Å². The molecule has 0 spiro atoms. The molecule has 0 radical (unpaired) electrons. The van der Waals surface area contributed by atoms with E-state index in [1.165, 1.54) is 6.07 Å². The highest BCUT2D eigenvalue weighted by molar-refractivity contribution is 6.20. The molecule has 2 rings (SSSR count). The van der Waals surface area contributed by atoms with Gasteiger partial charge >= 0.3 is 0 Å². The van der Waals surface area contributed by atoms with Gasteiger partial charge in [0.05, 0.1) is 4.92 Å². The maximum absolute atomic E-state index is 12.5. The zero-order chi connectivity index (χ0) is 14.9. The first kappa shape index (κ1) is 14.8. The number of nitro groups is 1. The number of likely N-dealkylation sites (tertiary alicyclic amines) is 1. The maximum Gasteiger partial charge on any atom is 0.282 e. The Labute approximate surface area is 122 Å². The van der Waals surface area contributed by atoms with Crippen LogP contribution in [0.1, 0.15) is 29.3 Å². The Bertz CT molecular complexity index is 547. The Morgan fingerprint density at radius 2 is 2.20 bits per heavy atom. The van der Waals surface area contributed by atoms with Crippen molar-refractivity contribution < 1.29 is 9.72 Å². The Morgan fingerprint density at radius 1 is 1.50 bits per heavy atom. The predicted molar refractivity (Wildman–Crippen MR) is 77.2 cm³/mol. The fourth-order valence-corrected chi connectivity index (χ4v) is 2.63. The van der Waals surface area contributed by atoms with Crippen molar-refractivity contribution in [3.63, 3.8) is 0 Å². The van der Waals surface area contributed by atoms with Crippen LogP contribution < -0.4 is 0 Å². The zero-order valence-corrected chi connectivity index (χ0v) is 12.3. The van der Waals surface area contributed by atoms with Gasteiger partial charge in [0.2, 0.25) is 0 Å². The molecule has 108 valence electrons. The van der Waals surface area contributed by atoms with Gasteiger partial charge in [-0.2, -0.15) is 0 Å². The first-order chi connectivity index (χ1) is 9.40. The van der Waals surface area contributed by atoms with Crippen molar-refractivity contribution in [3.8, 4) is 0 Å². The van der Waals surface area contributed by atoms with E-state index in [0.29, 0.717) is 19.5 Å². The molecule has 1 aliphatic heterocycles. The van der Waals surface area contributed by atoms with Crippen LogP contribution in [0, 0.1) is 23.0 Å². The summed E-state index contributed by atoms with van der Waals surface area (Å²) in [4.78, 5) is 24.7. The molecule has 1 heterocycles. The summed E-state index contributed by atoms with van der Waals surface area (Å²) >= 11 is 6.14. The SMILES string of the molecule is Cc1ccc([N+](=O)[O-])c(C(=O)N2CCC(Cl)C(C)C2)c1. The summed E-state index contributed by atoms with van der Waals surface area (Å²) in [6.45, 7) is 4.89. The highest BCUT2D eigenvalue weighted by atomic mass is 35.5. The Morgan fingerprint density at radius 3 is 2.80 bits per heavy atom. The molecule has 0 N–H and O–H groups in total. The standard InChI is InChI=1S/C14H17ClN2O3/c1-9-3-4-13(17(19)20)11(7-9)14(18)16-6-5-12(15)10(2)8-16/h3-4,7,10,12H,5-6,8H2,1-2H3. The topological polar surface area (TPSA) is 63.5 Å². The van der Waals surface area contributed by atoms with Crippen LogP contribution in [0.5, 0.6) is 0 Å². The van der Waals surface area contributed by atoms with Gasteiger partial charge in [0.15, 0.2) is 0 Å². The van der Waals surface area contributed by atoms with E-state index >= 15 is 0 Å². The van der Waals surface area contributed by atoms with Crippen LogP contribution in [0.4, 0.5) is 5.69 Å². The Hall–Kier alpha value is -1.62. The van der Waals surface area contributed by atoms with E-state index in [1.54, 1.807) is 17.0 Å². The van der Waals surface area contributed by atoms with Crippen molar-refractivity contribution in [2.45, 2.75) is 25.6 Å². The van der Waals surface area contributed by atoms with Crippen LogP contribution in [0.15, 0.2) is 18.2 Å². The molecule has 2 unspecified atom stereocenters. The molecule has 1 aromatic carbocycles. The molecule has 5 nitrogen and oxygen atoms in total. The number of aryl methyl sites for hydroxylation is 1. The van der Waals surface area contributed by atoms with E-state index < -0.39 is 4.92 Å². The van der Waals surface area contributed by atoms with Gasteiger partial charge in [-0.05, 0) is 30.9 Å². The molecular formula is C14H17ClN2O3. The average Bonchev–Trinajstić information content (AvgIpc) is 2.40. The molecule has 2 atom stereocenters. The van der Waals surface area contributed by atoms with E-state index in [2.05, 4.69) is 0 Å². The highest BCUT2D eigenvalue weighted by Gasteiger charge is 2.30. The smallest absolute Gasteiger partial charge is 0.282 e. The maximum atomic E-state index is 12.5. The third kappa shape index (κ3) is 2.93. The first-order valence-electron chi connectivity index (χ1n) is 6.58. The first-order valence-corrected chi connectivity index (χ1v) is 7.02. The molecule has 0 aliphatic carbocycles. The second-order valence-corrected chi connectivity index (χ2v) is 5.87. The third-order valence-corrected chi connectivity index (χ3v) is 4.32. The molecular weight excluding hydrogens is 280 g/mol. The molecule has 0 aromatic heterocycles. The second-order valence-electron chi connectivity index (χ2n) is 5.31. The van der Waals surface area contributed by atoms with Gasteiger partial charge < -0.3 is 4.90 Å². The predicted octanol–water partition coefficient (Wildman–Crippen LogP) is 2.99. The quantitative estimate of drug-likeness (QED) is 0.479. The molecule has 6 heteroatoms. The number of hydrogen-bond acceptors (Lipinski definition) is 3. The number of amides is 1. The van der Waals surface area contributed by atoms with Gasteiger partial charge in [-0.15, -0.1) is 11.6 Å². The van der Waals surface area contributed by atoms with Crippen LogP contribution in [0.25, 0.3) is 0 Å². The lowest BCUT2D eigenvalue weighted by Crippen LogP contribution is -2.43. The van der Waals surface area contributed by atoms with Crippen molar-refractivity contribution in [1.29, 1.82) is 0 Å². The summed E-state index contributed by atoms with van der Waals surface area (Å²) in [6.07, 6.45) is 0.716. The summed E-state index contributed by atoms with van der Waals surface area (Å²) in [5.74, 6) is -0.0888. The molecule has 20 heavy (non-hydrogen) atoms. The Balaban J connectivity index is 2.29. The van der Waals surface area contributed by atoms with Gasteiger partial charge in [0.1, 0.15) is 5.56 Å². The fraction of sp³-hybridized carbons (Fsp3) is 0.500. The van der Waals surface area contributed by atoms with Gasteiger partial charge in [0, 0.05) is 24.5 Å². The van der Waals surface area contributed by atoms with Crippen LogP contribution >= 0.6 is 11.6 Å². The largest absolute Gasteiger partial charge is 0.338 e. The lowest BCUT2D eigenvalue weighted by Gasteiger charge is -2.34. The lowest BCUT2D eigenvalue weighted by molar-refractivity contribution is -0.385. The highest BCUT2D eigenvalue weighted by Crippen LogP contribution is 2.26. The average molecular weight is 297 g/mol. The molecule has 0 bridgehead atoms. The second kappa shape index (κ2) is 5.79. The Kier molecular flexibility index (Phi) is 4.28. The van der Waals surface area contributed by atoms with Gasteiger partial charge in [-0.1, -0.05) is 13.0 Å². The number of carbonyl (C=O) groups excluding carboxylic acids is 1. The summed E-state index contributed by atoms with van der Waals surface area (Å²) in [7, 11) is 0. The summed E-state index contributed by atoms with van der Waals surface area (Å²) in [6, 6.07) is 4.61. The van der Waals surface area contributed by atoms with Crippen LogP contribution in [0.3, 0.4) is 0 Å². The minimum atomic E-state index is -0.510. The number of piperidine rings is 1. The molecule has 1 fully saturated rings. The molecule has 1 saturated heterocycles. The van der Waals surface area contributed by atoms with E-state index in [-0.39, 0.29) is 28.5 Å². The monoisotopic (exact) mass is 296 g/mol. The number of nitrogens with zero attached hydrogens (tertiary/aromatic N) is 2. The van der Waals surface area contributed by atoms with Gasteiger partial charge in [0.25, 0.3) is 11.6 Å². The number of benzene rings is 1. The minimum absolute atomic E-state index is 0.0616. The summed E-state index contributed by atoms with van der Waals surface area (Å²) in [5.41, 5.74) is 0.857. The lowest BCUT2D eigenvalue weighted by atomic mass is 9.98. The van der Waals surface area contributed by atoms with E-state index in [4.69, 9.17) is 11.6 Å². The summed E-state index contributed by atoms with van der Waals surface area (Å²) in [5, 5.41) is 11.1. The number of nitro benzene ring substituents is 1. The number of carbonyl (C=O) groups is 1. The van der Waals surface area contributed by atoms with E-state index in [0.717, 1.165) is 5.56 Å². The van der Waals surface area contributed by atoms with Crippen molar-refractivity contribution in [2.24, 2.45) is 5.92 Å². The minimum Gasteiger partial charge on any atom is -0.338 e. The van der Waals surface area contributed by atoms with Crippen LogP contribution in [-0.2, 0) is 0 Å². The molecule has 1 amide bonds. The number of rotatable bonds is 2. The molecule has 0 saturated carbocycles. The molecule has 1 aliphatic rings. The molecule has 1 aromatic rings. The van der Waals surface area contributed by atoms with Crippen LogP contribution in [-0.4, -0.2) is 34.2 Å². The van der Waals surface area contributed by atoms with E-state index in [9.17, 15) is 14.9 Å². The van der Waals surface area contributed by atoms with Crippen LogP contribution in [0.2, 0.25) is 0 Å². The van der Waals surface area contributed by atoms with Crippen molar-refractivity contribution in [2.75, 3.05) is 13.1 Å². The van der Waals surface area contributed by atoms with Crippen molar-refractivity contribution in [3.05, 3.63) is 39.4 Å². The number of halogens is 1. The van der Waals surface area contributed by atoms with Crippen molar-refractivity contribution in [1.82, 2.24) is 4.90 Å². The normalized spacial score (nSPS) is 22.6.